The Bertz CT molecular complexity index is 1150. The maximum atomic E-state index is 13.8. The Morgan fingerprint density at radius 1 is 0.867 bits per heavy atom. The van der Waals surface area contributed by atoms with Gasteiger partial charge in [0.05, 0.1) is 22.2 Å². The van der Waals surface area contributed by atoms with Gasteiger partial charge in [-0.3, -0.25) is 0 Å². The van der Waals surface area contributed by atoms with E-state index in [9.17, 15) is 4.39 Å². The third-order valence-electron chi connectivity index (χ3n) is 4.34. The van der Waals surface area contributed by atoms with Crippen molar-refractivity contribution in [3.63, 3.8) is 0 Å². The zero-order valence-corrected chi connectivity index (χ0v) is 17.9. The molecule has 1 heterocycles. The van der Waals surface area contributed by atoms with E-state index in [-0.39, 0.29) is 5.82 Å². The van der Waals surface area contributed by atoms with Crippen molar-refractivity contribution in [3.05, 3.63) is 99.6 Å². The molecule has 0 amide bonds. The molecule has 0 aliphatic rings. The van der Waals surface area contributed by atoms with Crippen LogP contribution in [0.2, 0.25) is 10.0 Å². The van der Waals surface area contributed by atoms with Crippen LogP contribution in [0.15, 0.2) is 76.4 Å². The van der Waals surface area contributed by atoms with Crippen LogP contribution >= 0.6 is 35.0 Å². The first-order valence-electron chi connectivity index (χ1n) is 9.07. The van der Waals surface area contributed by atoms with Gasteiger partial charge in [0, 0.05) is 11.4 Å². The molecule has 4 aromatic rings. The van der Waals surface area contributed by atoms with Crippen molar-refractivity contribution in [1.82, 2.24) is 10.2 Å². The quantitative estimate of drug-likeness (QED) is 0.297. The fraction of sp³-hybridized carbons (Fsp3) is 0.0909. The van der Waals surface area contributed by atoms with Crippen LogP contribution in [0.25, 0.3) is 0 Å². The van der Waals surface area contributed by atoms with Crippen LogP contribution in [0.5, 0.6) is 0 Å². The average Bonchev–Trinajstić information content (AvgIpc) is 3.19. The summed E-state index contributed by atoms with van der Waals surface area (Å²) in [4.78, 5) is 0. The van der Waals surface area contributed by atoms with Crippen LogP contribution in [-0.4, -0.2) is 10.2 Å². The van der Waals surface area contributed by atoms with Crippen molar-refractivity contribution in [3.8, 4) is 0 Å². The summed E-state index contributed by atoms with van der Waals surface area (Å²) >= 11 is 13.8. The fourth-order valence-electron chi connectivity index (χ4n) is 2.83. The van der Waals surface area contributed by atoms with E-state index in [1.54, 1.807) is 36.4 Å². The SMILES string of the molecule is Fc1ccccc1CSc1nnc(Cc2ccccc2Nc2c(Cl)cccc2Cl)o1. The van der Waals surface area contributed by atoms with Gasteiger partial charge in [-0.2, -0.15) is 0 Å². The Balaban J connectivity index is 1.47. The van der Waals surface area contributed by atoms with Crippen molar-refractivity contribution >= 4 is 46.3 Å². The minimum atomic E-state index is -0.247. The first-order chi connectivity index (χ1) is 14.6. The van der Waals surface area contributed by atoms with Gasteiger partial charge in [0.15, 0.2) is 0 Å². The monoisotopic (exact) mass is 459 g/mol. The normalized spacial score (nSPS) is 10.9. The Labute approximate surface area is 187 Å². The Kier molecular flexibility index (Phi) is 6.57. The third-order valence-corrected chi connectivity index (χ3v) is 5.84. The van der Waals surface area contributed by atoms with Gasteiger partial charge in [0.2, 0.25) is 5.89 Å². The van der Waals surface area contributed by atoms with Gasteiger partial charge in [0.25, 0.3) is 5.22 Å². The van der Waals surface area contributed by atoms with Crippen molar-refractivity contribution in [2.24, 2.45) is 0 Å². The number of rotatable bonds is 7. The third kappa shape index (κ3) is 4.95. The predicted octanol–water partition coefficient (Wildman–Crippen LogP) is 7.14. The molecule has 0 radical (unpaired) electrons. The van der Waals surface area contributed by atoms with Crippen molar-refractivity contribution in [1.29, 1.82) is 0 Å². The molecule has 4 rings (SSSR count). The van der Waals surface area contributed by atoms with Gasteiger partial charge < -0.3 is 9.73 Å². The first-order valence-corrected chi connectivity index (χ1v) is 10.8. The van der Waals surface area contributed by atoms with E-state index in [1.807, 2.05) is 24.3 Å². The van der Waals surface area contributed by atoms with Gasteiger partial charge >= 0.3 is 0 Å². The molecule has 0 aliphatic heterocycles. The summed E-state index contributed by atoms with van der Waals surface area (Å²) in [6.45, 7) is 0. The number of hydrogen-bond acceptors (Lipinski definition) is 5. The number of nitrogens with zero attached hydrogens (tertiary/aromatic N) is 2. The first kappa shape index (κ1) is 20.7. The molecule has 0 atom stereocenters. The number of hydrogen-bond donors (Lipinski definition) is 1. The molecule has 0 saturated heterocycles. The topological polar surface area (TPSA) is 51.0 Å². The minimum Gasteiger partial charge on any atom is -0.416 e. The molecule has 0 aliphatic carbocycles. The molecule has 1 aromatic heterocycles. The molecule has 1 N–H and O–H groups in total. The highest BCUT2D eigenvalue weighted by molar-refractivity contribution is 7.98. The van der Waals surface area contributed by atoms with Crippen LogP contribution in [0.1, 0.15) is 17.0 Å². The van der Waals surface area contributed by atoms with Crippen molar-refractivity contribution in [2.45, 2.75) is 17.4 Å². The summed E-state index contributed by atoms with van der Waals surface area (Å²) in [7, 11) is 0. The van der Waals surface area contributed by atoms with E-state index in [1.165, 1.54) is 17.8 Å². The van der Waals surface area contributed by atoms with Crippen LogP contribution in [0.3, 0.4) is 0 Å². The summed E-state index contributed by atoms with van der Waals surface area (Å²) in [5, 5.41) is 12.9. The molecule has 0 spiro atoms. The minimum absolute atomic E-state index is 0.247. The molecule has 3 aromatic carbocycles. The second kappa shape index (κ2) is 9.51. The number of para-hydroxylation sites is 2. The molecule has 8 heteroatoms. The maximum absolute atomic E-state index is 13.8. The van der Waals surface area contributed by atoms with Gasteiger partial charge in [-0.15, -0.1) is 10.2 Å². The molecule has 0 fully saturated rings. The Hall–Kier alpha value is -2.54. The smallest absolute Gasteiger partial charge is 0.276 e. The van der Waals surface area contributed by atoms with Crippen LogP contribution in [0, 0.1) is 5.82 Å². The number of benzene rings is 3. The number of nitrogens with one attached hydrogen (secondary N) is 1. The molecular weight excluding hydrogens is 444 g/mol. The predicted molar refractivity (Wildman–Crippen MR) is 119 cm³/mol. The summed E-state index contributed by atoms with van der Waals surface area (Å²) in [6, 6.07) is 19.7. The van der Waals surface area contributed by atoms with Gasteiger partial charge in [-0.05, 0) is 35.4 Å². The van der Waals surface area contributed by atoms with Crippen LogP contribution in [-0.2, 0) is 12.2 Å². The number of aromatic nitrogens is 2. The van der Waals surface area contributed by atoms with Gasteiger partial charge in [-0.25, -0.2) is 4.39 Å². The largest absolute Gasteiger partial charge is 0.416 e. The van der Waals surface area contributed by atoms with E-state index in [0.29, 0.717) is 44.6 Å². The van der Waals surface area contributed by atoms with Crippen LogP contribution < -0.4 is 5.32 Å². The lowest BCUT2D eigenvalue weighted by atomic mass is 10.1. The lowest BCUT2D eigenvalue weighted by Gasteiger charge is -2.13. The van der Waals surface area contributed by atoms with Crippen molar-refractivity contribution < 1.29 is 8.81 Å². The number of thioether (sulfide) groups is 1. The standard InChI is InChI=1S/C22H16Cl2FN3OS/c23-16-8-5-9-17(24)21(16)26-19-11-4-2-6-14(19)12-20-27-28-22(29-20)30-13-15-7-1-3-10-18(15)25/h1-11,26H,12-13H2. The highest BCUT2D eigenvalue weighted by Crippen LogP contribution is 2.34. The van der Waals surface area contributed by atoms with E-state index in [0.717, 1.165) is 11.3 Å². The number of halogens is 3. The van der Waals surface area contributed by atoms with E-state index in [2.05, 4.69) is 15.5 Å². The van der Waals surface area contributed by atoms with E-state index in [4.69, 9.17) is 27.6 Å². The highest BCUT2D eigenvalue weighted by Gasteiger charge is 2.13. The molecule has 4 nitrogen and oxygen atoms in total. The summed E-state index contributed by atoms with van der Waals surface area (Å²) < 4.78 is 19.5. The molecule has 30 heavy (non-hydrogen) atoms. The van der Waals surface area contributed by atoms with Crippen LogP contribution in [0.4, 0.5) is 15.8 Å². The summed E-state index contributed by atoms with van der Waals surface area (Å²) in [6.07, 6.45) is 0.429. The molecular formula is C22H16Cl2FN3OS. The Morgan fingerprint density at radius 3 is 2.33 bits per heavy atom. The molecule has 0 saturated carbocycles. The average molecular weight is 460 g/mol. The summed E-state index contributed by atoms with van der Waals surface area (Å²) in [5.74, 6) is 0.630. The second-order valence-corrected chi connectivity index (χ2v) is 8.14. The lowest BCUT2D eigenvalue weighted by molar-refractivity contribution is 0.420. The molecule has 0 unspecified atom stereocenters. The highest BCUT2D eigenvalue weighted by atomic mass is 35.5. The van der Waals surface area contributed by atoms with Gasteiger partial charge in [0.1, 0.15) is 5.82 Å². The fourth-order valence-corrected chi connectivity index (χ4v) is 4.09. The van der Waals surface area contributed by atoms with E-state index >= 15 is 0 Å². The lowest BCUT2D eigenvalue weighted by Crippen LogP contribution is -1.98. The number of anilines is 2. The molecule has 0 bridgehead atoms. The second-order valence-electron chi connectivity index (χ2n) is 6.40. The maximum Gasteiger partial charge on any atom is 0.276 e. The van der Waals surface area contributed by atoms with Gasteiger partial charge in [-0.1, -0.05) is 77.4 Å². The summed E-state index contributed by atoms with van der Waals surface area (Å²) in [5.41, 5.74) is 3.02. The van der Waals surface area contributed by atoms with E-state index < -0.39 is 0 Å². The zero-order chi connectivity index (χ0) is 20.9. The van der Waals surface area contributed by atoms with Crippen molar-refractivity contribution in [2.75, 3.05) is 5.32 Å². The zero-order valence-electron chi connectivity index (χ0n) is 15.6. The molecule has 152 valence electrons. The Morgan fingerprint density at radius 2 is 1.57 bits per heavy atom.